The van der Waals surface area contributed by atoms with Gasteiger partial charge in [0.05, 0.1) is 0 Å². The molecule has 1 aromatic carbocycles. The van der Waals surface area contributed by atoms with Crippen molar-refractivity contribution >= 4 is 17.1 Å². The van der Waals surface area contributed by atoms with E-state index in [4.69, 9.17) is 10.2 Å². The summed E-state index contributed by atoms with van der Waals surface area (Å²) in [5.41, 5.74) is 8.07. The molecule has 0 bridgehead atoms. The minimum Gasteiger partial charge on any atom is -0.424 e. The highest BCUT2D eigenvalue weighted by Crippen LogP contribution is 2.19. The fourth-order valence-electron chi connectivity index (χ4n) is 1.10. The monoisotopic (exact) mass is 208 g/mol. The van der Waals surface area contributed by atoms with Crippen LogP contribution in [0.2, 0.25) is 0 Å². The predicted molar refractivity (Wildman–Crippen MR) is 65.9 cm³/mol. The lowest BCUT2D eigenvalue weighted by molar-refractivity contribution is 0.626. The Bertz CT molecular complexity index is 393. The van der Waals surface area contributed by atoms with Gasteiger partial charge in [-0.1, -0.05) is 39.8 Å². The molecule has 2 rings (SSSR count). The quantitative estimate of drug-likeness (QED) is 0.717. The molecule has 0 saturated heterocycles. The lowest BCUT2D eigenvalue weighted by Crippen LogP contribution is -1.81. The molecule has 0 saturated carbocycles. The number of nitrogens with two attached hydrogens (primary N) is 1. The van der Waals surface area contributed by atoms with Gasteiger partial charge in [0.15, 0.2) is 5.58 Å². The van der Waals surface area contributed by atoms with Gasteiger partial charge in [0.1, 0.15) is 5.52 Å². The molecule has 0 fully saturated rings. The summed E-state index contributed by atoms with van der Waals surface area (Å²) in [4.78, 5) is 4.02. The number of hydrogen-bond acceptors (Lipinski definition) is 3. The van der Waals surface area contributed by atoms with Crippen molar-refractivity contribution in [1.82, 2.24) is 4.98 Å². The summed E-state index contributed by atoms with van der Waals surface area (Å²) in [5.74, 6) is 0. The zero-order valence-electron chi connectivity index (χ0n) is 10.2. The van der Waals surface area contributed by atoms with Gasteiger partial charge in [0.2, 0.25) is 0 Å². The molecule has 84 valence electrons. The number of hydrogen-bond donors (Lipinski definition) is 1. The Morgan fingerprint density at radius 1 is 1.13 bits per heavy atom. The second-order valence-corrected chi connectivity index (χ2v) is 2.47. The summed E-state index contributed by atoms with van der Waals surface area (Å²) in [6.07, 6.45) is 0. The van der Waals surface area contributed by atoms with Gasteiger partial charge >= 0.3 is 0 Å². The van der Waals surface area contributed by atoms with Crippen LogP contribution in [0.15, 0.2) is 22.6 Å². The van der Waals surface area contributed by atoms with E-state index in [0.29, 0.717) is 0 Å². The summed E-state index contributed by atoms with van der Waals surface area (Å²) in [6, 6.07) is 5.98. The van der Waals surface area contributed by atoms with E-state index in [-0.39, 0.29) is 6.01 Å². The highest BCUT2D eigenvalue weighted by atomic mass is 16.4. The largest absolute Gasteiger partial charge is 0.424 e. The Kier molecular flexibility index (Phi) is 6.18. The molecule has 1 heterocycles. The second kappa shape index (κ2) is 6.87. The van der Waals surface area contributed by atoms with E-state index in [1.165, 1.54) is 0 Å². The third-order valence-electron chi connectivity index (χ3n) is 1.64. The Morgan fingerprint density at radius 3 is 2.27 bits per heavy atom. The van der Waals surface area contributed by atoms with Crippen molar-refractivity contribution in [2.24, 2.45) is 0 Å². The van der Waals surface area contributed by atoms with Gasteiger partial charge in [-0.2, -0.15) is 4.98 Å². The first kappa shape index (κ1) is 13.5. The molecule has 0 spiro atoms. The maximum absolute atomic E-state index is 5.38. The second-order valence-electron chi connectivity index (χ2n) is 2.47. The fourth-order valence-corrected chi connectivity index (χ4v) is 1.10. The summed E-state index contributed by atoms with van der Waals surface area (Å²) in [7, 11) is 0. The normalized spacial score (nSPS) is 8.60. The van der Waals surface area contributed by atoms with E-state index in [2.05, 4.69) is 4.98 Å². The van der Waals surface area contributed by atoms with Crippen LogP contribution in [0.4, 0.5) is 6.01 Å². The molecule has 0 aliphatic carbocycles. The molecule has 0 amide bonds. The number of oxazole rings is 1. The van der Waals surface area contributed by atoms with Crippen LogP contribution in [-0.2, 0) is 0 Å². The Labute approximate surface area is 91.3 Å². The maximum Gasteiger partial charge on any atom is 0.292 e. The molecule has 3 heteroatoms. The molecule has 2 N–H and O–H groups in total. The molecule has 0 aliphatic heterocycles. The minimum absolute atomic E-state index is 0.231. The number of nitrogens with zero attached hydrogens (tertiary/aromatic N) is 1. The molecule has 0 radical (unpaired) electrons. The van der Waals surface area contributed by atoms with E-state index in [1.54, 1.807) is 0 Å². The van der Waals surface area contributed by atoms with Crippen molar-refractivity contribution in [3.05, 3.63) is 23.8 Å². The Morgan fingerprint density at radius 2 is 1.73 bits per heavy atom. The van der Waals surface area contributed by atoms with Gasteiger partial charge in [-0.25, -0.2) is 0 Å². The van der Waals surface area contributed by atoms with Gasteiger partial charge in [-0.3, -0.25) is 0 Å². The average molecular weight is 208 g/mol. The molecule has 3 nitrogen and oxygen atoms in total. The summed E-state index contributed by atoms with van der Waals surface area (Å²) in [6.45, 7) is 9.98. The van der Waals surface area contributed by atoms with Crippen molar-refractivity contribution in [1.29, 1.82) is 0 Å². The zero-order chi connectivity index (χ0) is 11.8. The van der Waals surface area contributed by atoms with Crippen molar-refractivity contribution in [2.45, 2.75) is 34.6 Å². The number of para-hydroxylation sites is 1. The minimum atomic E-state index is 0.231. The first-order chi connectivity index (χ1) is 7.27. The van der Waals surface area contributed by atoms with Gasteiger partial charge in [0, 0.05) is 0 Å². The molecular weight excluding hydrogens is 188 g/mol. The van der Waals surface area contributed by atoms with Crippen molar-refractivity contribution in [3.8, 4) is 0 Å². The topological polar surface area (TPSA) is 52.0 Å². The number of nitrogen functional groups attached to an aromatic ring is 1. The van der Waals surface area contributed by atoms with Crippen LogP contribution >= 0.6 is 0 Å². The molecule has 15 heavy (non-hydrogen) atoms. The SMILES string of the molecule is CC.CC.Cc1cccc2oc(N)nc12. The van der Waals surface area contributed by atoms with E-state index in [0.717, 1.165) is 16.7 Å². The summed E-state index contributed by atoms with van der Waals surface area (Å²) in [5, 5.41) is 0. The first-order valence-corrected chi connectivity index (χ1v) is 5.39. The molecule has 0 unspecified atom stereocenters. The van der Waals surface area contributed by atoms with Crippen LogP contribution in [0.25, 0.3) is 11.1 Å². The number of fused-ring (bicyclic) bond motifs is 1. The van der Waals surface area contributed by atoms with E-state index < -0.39 is 0 Å². The Balaban J connectivity index is 0.000000442. The zero-order valence-corrected chi connectivity index (χ0v) is 10.2. The molecular formula is C12H20N2O. The average Bonchev–Trinajstić information content (AvgIpc) is 2.66. The van der Waals surface area contributed by atoms with Crippen LogP contribution < -0.4 is 5.73 Å². The number of aromatic nitrogens is 1. The van der Waals surface area contributed by atoms with Crippen molar-refractivity contribution < 1.29 is 4.42 Å². The van der Waals surface area contributed by atoms with Crippen LogP contribution in [0.3, 0.4) is 0 Å². The number of benzene rings is 1. The summed E-state index contributed by atoms with van der Waals surface area (Å²) >= 11 is 0. The van der Waals surface area contributed by atoms with E-state index >= 15 is 0 Å². The smallest absolute Gasteiger partial charge is 0.292 e. The van der Waals surface area contributed by atoms with Crippen LogP contribution in [0.5, 0.6) is 0 Å². The van der Waals surface area contributed by atoms with E-state index in [1.807, 2.05) is 52.8 Å². The predicted octanol–water partition coefficient (Wildman–Crippen LogP) is 3.77. The van der Waals surface area contributed by atoms with Gasteiger partial charge in [-0.05, 0) is 18.6 Å². The van der Waals surface area contributed by atoms with Gasteiger partial charge < -0.3 is 10.2 Å². The third-order valence-corrected chi connectivity index (χ3v) is 1.64. The number of anilines is 1. The number of aryl methyl sites for hydroxylation is 1. The maximum atomic E-state index is 5.38. The van der Waals surface area contributed by atoms with Crippen LogP contribution in [0, 0.1) is 6.92 Å². The van der Waals surface area contributed by atoms with Crippen molar-refractivity contribution in [2.75, 3.05) is 5.73 Å². The third kappa shape index (κ3) is 3.27. The van der Waals surface area contributed by atoms with Gasteiger partial charge in [0.25, 0.3) is 6.01 Å². The highest BCUT2D eigenvalue weighted by Gasteiger charge is 2.02. The fraction of sp³-hybridized carbons (Fsp3) is 0.417. The van der Waals surface area contributed by atoms with Crippen molar-refractivity contribution in [3.63, 3.8) is 0 Å². The standard InChI is InChI=1S/C8H8N2O.2C2H6/c1-5-3-2-4-6-7(5)10-8(9)11-6;2*1-2/h2-4H,1H3,(H2,9,10);2*1-2H3. The molecule has 1 aromatic heterocycles. The van der Waals surface area contributed by atoms with Crippen LogP contribution in [0.1, 0.15) is 33.3 Å². The Hall–Kier alpha value is -1.51. The molecule has 0 aliphatic rings. The lowest BCUT2D eigenvalue weighted by Gasteiger charge is -1.88. The van der Waals surface area contributed by atoms with Crippen LogP contribution in [-0.4, -0.2) is 4.98 Å². The van der Waals surface area contributed by atoms with Gasteiger partial charge in [-0.15, -0.1) is 0 Å². The van der Waals surface area contributed by atoms with E-state index in [9.17, 15) is 0 Å². The molecule has 0 atom stereocenters. The summed E-state index contributed by atoms with van der Waals surface area (Å²) < 4.78 is 5.12. The first-order valence-electron chi connectivity index (χ1n) is 5.39. The highest BCUT2D eigenvalue weighted by molar-refractivity contribution is 5.77. The molecule has 2 aromatic rings. The lowest BCUT2D eigenvalue weighted by atomic mass is 10.2. The number of rotatable bonds is 0.